The lowest BCUT2D eigenvalue weighted by atomic mass is 9.82. The zero-order valence-electron chi connectivity index (χ0n) is 10.3. The van der Waals surface area contributed by atoms with Crippen molar-refractivity contribution in [2.75, 3.05) is 0 Å². The van der Waals surface area contributed by atoms with Gasteiger partial charge >= 0.3 is 0 Å². The van der Waals surface area contributed by atoms with E-state index in [-0.39, 0.29) is 12.3 Å². The van der Waals surface area contributed by atoms with Crippen LogP contribution < -0.4 is 5.43 Å². The van der Waals surface area contributed by atoms with Crippen LogP contribution in [-0.2, 0) is 4.79 Å². The van der Waals surface area contributed by atoms with Gasteiger partial charge in [0.2, 0.25) is 5.91 Å². The van der Waals surface area contributed by atoms with E-state index in [0.29, 0.717) is 0 Å². The van der Waals surface area contributed by atoms with Crippen molar-refractivity contribution in [1.29, 1.82) is 0 Å². The first-order valence-electron chi connectivity index (χ1n) is 6.26. The van der Waals surface area contributed by atoms with E-state index in [4.69, 9.17) is 0 Å². The van der Waals surface area contributed by atoms with Crippen molar-refractivity contribution in [2.24, 2.45) is 5.10 Å². The Morgan fingerprint density at radius 1 is 1.50 bits per heavy atom. The Balaban J connectivity index is 1.78. The van der Waals surface area contributed by atoms with Gasteiger partial charge in [-0.05, 0) is 24.3 Å². The average molecular weight is 266 g/mol. The molecule has 0 aliphatic heterocycles. The highest BCUT2D eigenvalue weighted by Gasteiger charge is 2.31. The SMILES string of the molecule is O=C(CC1(O)CCCCC1)NN=Cc1cccs1. The molecule has 0 bridgehead atoms. The van der Waals surface area contributed by atoms with Gasteiger partial charge in [-0.2, -0.15) is 5.10 Å². The van der Waals surface area contributed by atoms with E-state index in [2.05, 4.69) is 10.5 Å². The van der Waals surface area contributed by atoms with Crippen molar-refractivity contribution in [3.63, 3.8) is 0 Å². The van der Waals surface area contributed by atoms with Crippen LogP contribution in [-0.4, -0.2) is 22.8 Å². The molecule has 1 aromatic rings. The summed E-state index contributed by atoms with van der Waals surface area (Å²) in [6.07, 6.45) is 6.36. The van der Waals surface area contributed by atoms with E-state index in [0.717, 1.165) is 37.0 Å². The van der Waals surface area contributed by atoms with Crippen molar-refractivity contribution in [3.05, 3.63) is 22.4 Å². The van der Waals surface area contributed by atoms with Gasteiger partial charge in [-0.3, -0.25) is 4.79 Å². The molecule has 0 saturated heterocycles. The summed E-state index contributed by atoms with van der Waals surface area (Å²) in [5.74, 6) is -0.216. The maximum atomic E-state index is 11.7. The molecule has 5 heteroatoms. The summed E-state index contributed by atoms with van der Waals surface area (Å²) in [5.41, 5.74) is 1.65. The summed E-state index contributed by atoms with van der Waals surface area (Å²) in [7, 11) is 0. The van der Waals surface area contributed by atoms with Crippen LogP contribution >= 0.6 is 11.3 Å². The Morgan fingerprint density at radius 2 is 2.28 bits per heavy atom. The molecule has 1 heterocycles. The molecule has 1 aromatic heterocycles. The second-order valence-corrected chi connectivity index (χ2v) is 5.75. The van der Waals surface area contributed by atoms with Gasteiger partial charge in [-0.25, -0.2) is 5.43 Å². The Bertz CT molecular complexity index is 409. The number of carbonyl (C=O) groups is 1. The topological polar surface area (TPSA) is 61.7 Å². The van der Waals surface area contributed by atoms with Crippen molar-refractivity contribution in [2.45, 2.75) is 44.1 Å². The molecule has 4 nitrogen and oxygen atoms in total. The molecule has 1 amide bonds. The van der Waals surface area contributed by atoms with E-state index in [1.165, 1.54) is 0 Å². The molecule has 1 fully saturated rings. The van der Waals surface area contributed by atoms with Gasteiger partial charge in [0, 0.05) is 4.88 Å². The third-order valence-electron chi connectivity index (χ3n) is 3.20. The van der Waals surface area contributed by atoms with Gasteiger partial charge in [0.1, 0.15) is 0 Å². The molecule has 0 unspecified atom stereocenters. The first-order chi connectivity index (χ1) is 8.68. The molecular weight excluding hydrogens is 248 g/mol. The summed E-state index contributed by atoms with van der Waals surface area (Å²) in [6, 6.07) is 3.85. The Kier molecular flexibility index (Phi) is 4.49. The van der Waals surface area contributed by atoms with Crippen LogP contribution in [0.1, 0.15) is 43.4 Å². The fraction of sp³-hybridized carbons (Fsp3) is 0.538. The zero-order chi connectivity index (χ0) is 12.8. The van der Waals surface area contributed by atoms with Gasteiger partial charge in [0.15, 0.2) is 0 Å². The summed E-state index contributed by atoms with van der Waals surface area (Å²) < 4.78 is 0. The first-order valence-corrected chi connectivity index (χ1v) is 7.14. The predicted molar refractivity (Wildman–Crippen MR) is 72.7 cm³/mol. The van der Waals surface area contributed by atoms with Crippen LogP contribution in [0.5, 0.6) is 0 Å². The molecule has 2 rings (SSSR count). The van der Waals surface area contributed by atoms with Gasteiger partial charge in [0.05, 0.1) is 18.2 Å². The van der Waals surface area contributed by atoms with E-state index >= 15 is 0 Å². The molecular formula is C13H18N2O2S. The standard InChI is InChI=1S/C13H18N2O2S/c16-12(9-13(17)6-2-1-3-7-13)15-14-10-11-5-4-8-18-11/h4-5,8,10,17H,1-3,6-7,9H2,(H,15,16). The molecule has 98 valence electrons. The quantitative estimate of drug-likeness (QED) is 0.649. The monoisotopic (exact) mass is 266 g/mol. The van der Waals surface area contributed by atoms with Crippen molar-refractivity contribution >= 4 is 23.5 Å². The molecule has 0 spiro atoms. The van der Waals surface area contributed by atoms with Crippen LogP contribution in [0.2, 0.25) is 0 Å². The lowest BCUT2D eigenvalue weighted by Crippen LogP contribution is -2.37. The first kappa shape index (κ1) is 13.2. The average Bonchev–Trinajstić information content (AvgIpc) is 2.82. The number of hydrogen-bond acceptors (Lipinski definition) is 4. The summed E-state index contributed by atoms with van der Waals surface area (Å²) in [4.78, 5) is 12.7. The highest BCUT2D eigenvalue weighted by molar-refractivity contribution is 7.11. The minimum atomic E-state index is -0.819. The second-order valence-electron chi connectivity index (χ2n) is 4.77. The summed E-state index contributed by atoms with van der Waals surface area (Å²) >= 11 is 1.56. The van der Waals surface area contributed by atoms with E-state index < -0.39 is 5.60 Å². The largest absolute Gasteiger partial charge is 0.389 e. The molecule has 0 atom stereocenters. The molecule has 0 radical (unpaired) electrons. The van der Waals surface area contributed by atoms with Crippen LogP contribution in [0, 0.1) is 0 Å². The second kappa shape index (κ2) is 6.11. The number of hydrazone groups is 1. The molecule has 1 aliphatic rings. The van der Waals surface area contributed by atoms with Crippen LogP contribution in [0.4, 0.5) is 0 Å². The predicted octanol–water partition coefficient (Wildman–Crippen LogP) is 2.28. The minimum absolute atomic E-state index is 0.148. The number of thiophene rings is 1. The fourth-order valence-corrected chi connectivity index (χ4v) is 2.84. The number of carbonyl (C=O) groups excluding carboxylic acids is 1. The summed E-state index contributed by atoms with van der Waals surface area (Å²) in [6.45, 7) is 0. The number of nitrogens with zero attached hydrogens (tertiary/aromatic N) is 1. The third kappa shape index (κ3) is 3.92. The van der Waals surface area contributed by atoms with Crippen LogP contribution in [0.15, 0.2) is 22.6 Å². The Labute approximate surface area is 111 Å². The van der Waals surface area contributed by atoms with Gasteiger partial charge in [-0.15, -0.1) is 11.3 Å². The highest BCUT2D eigenvalue weighted by Crippen LogP contribution is 2.30. The summed E-state index contributed by atoms with van der Waals surface area (Å²) in [5, 5.41) is 16.1. The zero-order valence-corrected chi connectivity index (χ0v) is 11.1. The Hall–Kier alpha value is -1.20. The van der Waals surface area contributed by atoms with Gasteiger partial charge < -0.3 is 5.11 Å². The number of amides is 1. The third-order valence-corrected chi connectivity index (χ3v) is 4.00. The van der Waals surface area contributed by atoms with Gasteiger partial charge in [-0.1, -0.05) is 25.3 Å². The van der Waals surface area contributed by atoms with Gasteiger partial charge in [0.25, 0.3) is 0 Å². The number of aliphatic hydroxyl groups is 1. The number of hydrogen-bond donors (Lipinski definition) is 2. The van der Waals surface area contributed by atoms with Crippen LogP contribution in [0.25, 0.3) is 0 Å². The lowest BCUT2D eigenvalue weighted by Gasteiger charge is -2.30. The van der Waals surface area contributed by atoms with Crippen LogP contribution in [0.3, 0.4) is 0 Å². The smallest absolute Gasteiger partial charge is 0.242 e. The maximum Gasteiger partial charge on any atom is 0.242 e. The molecule has 1 aliphatic carbocycles. The van der Waals surface area contributed by atoms with Crippen molar-refractivity contribution < 1.29 is 9.90 Å². The number of nitrogens with one attached hydrogen (secondary N) is 1. The fourth-order valence-electron chi connectivity index (χ4n) is 2.26. The number of rotatable bonds is 4. The Morgan fingerprint density at radius 3 is 2.94 bits per heavy atom. The lowest BCUT2D eigenvalue weighted by molar-refractivity contribution is -0.127. The normalized spacial score (nSPS) is 18.9. The van der Waals surface area contributed by atoms with Crippen molar-refractivity contribution in [1.82, 2.24) is 5.43 Å². The van der Waals surface area contributed by atoms with E-state index in [1.54, 1.807) is 17.6 Å². The molecule has 0 aromatic carbocycles. The highest BCUT2D eigenvalue weighted by atomic mass is 32.1. The molecule has 18 heavy (non-hydrogen) atoms. The molecule has 1 saturated carbocycles. The molecule has 2 N–H and O–H groups in total. The maximum absolute atomic E-state index is 11.7. The van der Waals surface area contributed by atoms with Crippen molar-refractivity contribution in [3.8, 4) is 0 Å². The van der Waals surface area contributed by atoms with E-state index in [9.17, 15) is 9.90 Å². The van der Waals surface area contributed by atoms with E-state index in [1.807, 2.05) is 17.5 Å². The minimum Gasteiger partial charge on any atom is -0.389 e.